The molecule has 1 saturated carbocycles. The molecule has 0 aliphatic heterocycles. The zero-order valence-electron chi connectivity index (χ0n) is 19.4. The Morgan fingerprint density at radius 1 is 1.15 bits per heavy atom. The van der Waals surface area contributed by atoms with E-state index in [1.807, 2.05) is 37.3 Å². The van der Waals surface area contributed by atoms with E-state index in [1.54, 1.807) is 10.6 Å². The van der Waals surface area contributed by atoms with Gasteiger partial charge in [0.05, 0.1) is 23.2 Å². The van der Waals surface area contributed by atoms with Crippen molar-refractivity contribution in [3.05, 3.63) is 92.5 Å². The monoisotopic (exact) mass is 441 g/mol. The van der Waals surface area contributed by atoms with Crippen molar-refractivity contribution >= 4 is 0 Å². The van der Waals surface area contributed by atoms with Crippen LogP contribution >= 0.6 is 0 Å². The van der Waals surface area contributed by atoms with E-state index in [0.29, 0.717) is 42.1 Å². The summed E-state index contributed by atoms with van der Waals surface area (Å²) in [5.41, 5.74) is 3.78. The van der Waals surface area contributed by atoms with Gasteiger partial charge in [-0.05, 0) is 54.4 Å². The summed E-state index contributed by atoms with van der Waals surface area (Å²) in [6.07, 6.45) is 5.88. The van der Waals surface area contributed by atoms with Crippen LogP contribution in [0.25, 0.3) is 0 Å². The molecule has 5 heteroatoms. The number of hydrogen-bond donors (Lipinski definition) is 1. The third-order valence-electron chi connectivity index (χ3n) is 6.56. The topological polar surface area (TPSA) is 78.9 Å². The zero-order valence-corrected chi connectivity index (χ0v) is 19.4. The number of benzene rings is 2. The molecule has 1 aliphatic carbocycles. The van der Waals surface area contributed by atoms with Crippen molar-refractivity contribution in [2.75, 3.05) is 0 Å². The van der Waals surface area contributed by atoms with Gasteiger partial charge in [0.15, 0.2) is 0 Å². The number of aromatic hydroxyl groups is 1. The molecular formula is C28H31N3O2. The molecule has 5 nitrogen and oxygen atoms in total. The van der Waals surface area contributed by atoms with Crippen molar-refractivity contribution in [2.45, 2.75) is 70.8 Å². The number of aryl methyl sites for hydroxylation is 1. The molecule has 1 heterocycles. The second-order valence-electron chi connectivity index (χ2n) is 8.92. The summed E-state index contributed by atoms with van der Waals surface area (Å²) in [5.74, 6) is 1.07. The van der Waals surface area contributed by atoms with Crippen LogP contribution in [0.15, 0.2) is 53.3 Å². The van der Waals surface area contributed by atoms with Gasteiger partial charge in [0.1, 0.15) is 5.82 Å². The minimum Gasteiger partial charge on any atom is -0.493 e. The van der Waals surface area contributed by atoms with Crippen molar-refractivity contribution < 1.29 is 5.11 Å². The van der Waals surface area contributed by atoms with Gasteiger partial charge in [-0.2, -0.15) is 10.2 Å². The summed E-state index contributed by atoms with van der Waals surface area (Å²) in [5, 5.41) is 20.4. The van der Waals surface area contributed by atoms with Gasteiger partial charge in [-0.15, -0.1) is 0 Å². The van der Waals surface area contributed by atoms with Gasteiger partial charge >= 0.3 is 0 Å². The minimum absolute atomic E-state index is 0.183. The van der Waals surface area contributed by atoms with Crippen LogP contribution < -0.4 is 5.56 Å². The van der Waals surface area contributed by atoms with Crippen LogP contribution in [0.3, 0.4) is 0 Å². The van der Waals surface area contributed by atoms with Crippen molar-refractivity contribution in [2.24, 2.45) is 0 Å². The predicted octanol–water partition coefficient (Wildman–Crippen LogP) is 5.63. The number of hydrogen-bond acceptors (Lipinski definition) is 4. The smallest absolute Gasteiger partial charge is 0.261 e. The van der Waals surface area contributed by atoms with Crippen LogP contribution in [0.2, 0.25) is 0 Å². The van der Waals surface area contributed by atoms with E-state index in [1.165, 1.54) is 18.4 Å². The van der Waals surface area contributed by atoms with Gasteiger partial charge in [0.2, 0.25) is 5.88 Å². The zero-order chi connectivity index (χ0) is 23.4. The number of unbranched alkanes of at least 4 members (excludes halogenated alkanes) is 1. The molecule has 0 radical (unpaired) electrons. The fourth-order valence-corrected chi connectivity index (χ4v) is 4.55. The average Bonchev–Trinajstić information content (AvgIpc) is 3.68. The van der Waals surface area contributed by atoms with Gasteiger partial charge in [-0.3, -0.25) is 9.36 Å². The lowest BCUT2D eigenvalue weighted by molar-refractivity contribution is 0.420. The molecule has 1 atom stereocenters. The summed E-state index contributed by atoms with van der Waals surface area (Å²) < 4.78 is 1.72. The first-order valence-electron chi connectivity index (χ1n) is 12.0. The molecule has 170 valence electrons. The van der Waals surface area contributed by atoms with E-state index in [2.05, 4.69) is 30.1 Å². The normalized spacial score (nSPS) is 14.1. The van der Waals surface area contributed by atoms with E-state index < -0.39 is 0 Å². The predicted molar refractivity (Wildman–Crippen MR) is 130 cm³/mol. The maximum Gasteiger partial charge on any atom is 0.261 e. The first-order chi connectivity index (χ1) is 16.1. The van der Waals surface area contributed by atoms with Crippen LogP contribution in [0.4, 0.5) is 0 Å². The van der Waals surface area contributed by atoms with Crippen molar-refractivity contribution in [3.8, 4) is 11.9 Å². The largest absolute Gasteiger partial charge is 0.493 e. The summed E-state index contributed by atoms with van der Waals surface area (Å²) in [7, 11) is 0. The Balaban J connectivity index is 1.79. The second-order valence-corrected chi connectivity index (χ2v) is 8.92. The van der Waals surface area contributed by atoms with E-state index >= 15 is 0 Å². The van der Waals surface area contributed by atoms with Gasteiger partial charge in [0.25, 0.3) is 5.56 Å². The first-order valence-corrected chi connectivity index (χ1v) is 12.0. The molecule has 1 fully saturated rings. The molecule has 1 aromatic heterocycles. The maximum atomic E-state index is 13.8. The van der Waals surface area contributed by atoms with Crippen molar-refractivity contribution in [1.82, 2.24) is 9.55 Å². The van der Waals surface area contributed by atoms with Gasteiger partial charge in [-0.25, -0.2) is 0 Å². The van der Waals surface area contributed by atoms with E-state index in [-0.39, 0.29) is 17.5 Å². The molecule has 0 unspecified atom stereocenters. The molecule has 1 aliphatic rings. The quantitative estimate of drug-likeness (QED) is 0.467. The molecule has 4 rings (SSSR count). The number of nitriles is 1. The third-order valence-corrected chi connectivity index (χ3v) is 6.56. The summed E-state index contributed by atoms with van der Waals surface area (Å²) >= 11 is 0. The Labute approximate surface area is 195 Å². The number of rotatable bonds is 9. The molecule has 0 saturated heterocycles. The van der Waals surface area contributed by atoms with Gasteiger partial charge in [-0.1, -0.05) is 62.7 Å². The highest BCUT2D eigenvalue weighted by Gasteiger charge is 2.25. The molecule has 33 heavy (non-hydrogen) atoms. The minimum atomic E-state index is -0.315. The number of nitrogens with zero attached hydrogens (tertiary/aromatic N) is 3. The molecule has 0 bridgehead atoms. The Morgan fingerprint density at radius 2 is 1.88 bits per heavy atom. The Kier molecular flexibility index (Phi) is 6.93. The molecule has 0 spiro atoms. The summed E-state index contributed by atoms with van der Waals surface area (Å²) in [4.78, 5) is 18.3. The van der Waals surface area contributed by atoms with Crippen LogP contribution in [-0.2, 0) is 12.8 Å². The molecule has 1 N–H and O–H groups in total. The van der Waals surface area contributed by atoms with Crippen LogP contribution in [0, 0.1) is 11.3 Å². The van der Waals surface area contributed by atoms with Gasteiger partial charge < -0.3 is 5.11 Å². The average molecular weight is 442 g/mol. The van der Waals surface area contributed by atoms with Gasteiger partial charge in [0, 0.05) is 12.8 Å². The standard InChI is InChI=1S/C28H31N3O2/c1-3-5-10-26-30-27(32)24(17-19-11-13-20(14-12-19)21-15-16-21)28(33)31(26)25(4-2)23-9-7-6-8-22(23)18-29/h6-9,11-14,21,25,32H,3-5,10,15-17H2,1-2H3/t25-/m0/s1. The van der Waals surface area contributed by atoms with Crippen LogP contribution in [-0.4, -0.2) is 14.7 Å². The maximum absolute atomic E-state index is 13.8. The highest BCUT2D eigenvalue weighted by atomic mass is 16.3. The lowest BCUT2D eigenvalue weighted by Crippen LogP contribution is -2.32. The molecule has 0 amide bonds. The second kappa shape index (κ2) is 10.0. The summed E-state index contributed by atoms with van der Waals surface area (Å²) in [6, 6.07) is 17.7. The van der Waals surface area contributed by atoms with E-state index in [4.69, 9.17) is 0 Å². The Bertz CT molecular complexity index is 1220. The van der Waals surface area contributed by atoms with Crippen molar-refractivity contribution in [1.29, 1.82) is 5.26 Å². The SMILES string of the molecule is CCCCc1nc(O)c(Cc2ccc(C3CC3)cc2)c(=O)n1[C@@H](CC)c1ccccc1C#N. The van der Waals surface area contributed by atoms with Crippen LogP contribution in [0.5, 0.6) is 5.88 Å². The molecule has 3 aromatic rings. The summed E-state index contributed by atoms with van der Waals surface area (Å²) in [6.45, 7) is 4.10. The third kappa shape index (κ3) is 4.85. The first kappa shape index (κ1) is 22.8. The highest BCUT2D eigenvalue weighted by Crippen LogP contribution is 2.40. The lowest BCUT2D eigenvalue weighted by atomic mass is 9.97. The molecular weight excluding hydrogens is 410 g/mol. The van der Waals surface area contributed by atoms with Crippen molar-refractivity contribution in [3.63, 3.8) is 0 Å². The fraction of sp³-hybridized carbons (Fsp3) is 0.393. The van der Waals surface area contributed by atoms with Crippen LogP contribution in [0.1, 0.15) is 91.6 Å². The Hall–Kier alpha value is -3.39. The highest BCUT2D eigenvalue weighted by molar-refractivity contribution is 5.41. The van der Waals surface area contributed by atoms with E-state index in [0.717, 1.165) is 24.0 Å². The van der Waals surface area contributed by atoms with E-state index in [9.17, 15) is 15.2 Å². The lowest BCUT2D eigenvalue weighted by Gasteiger charge is -2.24. The Morgan fingerprint density at radius 3 is 2.52 bits per heavy atom. The number of aromatic nitrogens is 2. The molecule has 2 aromatic carbocycles. The fourth-order valence-electron chi connectivity index (χ4n) is 4.55.